The van der Waals surface area contributed by atoms with E-state index >= 15 is 0 Å². The minimum atomic E-state index is 1.09. The van der Waals surface area contributed by atoms with Gasteiger partial charge in [0.15, 0.2) is 0 Å². The Balaban J connectivity index is 2.15. The van der Waals surface area contributed by atoms with Gasteiger partial charge in [0.25, 0.3) is 0 Å². The quantitative estimate of drug-likeness (QED) is 0.692. The van der Waals surface area contributed by atoms with Gasteiger partial charge in [0.05, 0.1) is 0 Å². The molecule has 3 heteroatoms. The highest BCUT2D eigenvalue weighted by Gasteiger charge is 2.16. The average Bonchev–Trinajstić information content (AvgIpc) is 2.20. The lowest BCUT2D eigenvalue weighted by atomic mass is 10.2. The van der Waals surface area contributed by atoms with E-state index in [1.807, 2.05) is 6.20 Å². The summed E-state index contributed by atoms with van der Waals surface area (Å²) >= 11 is 0. The fourth-order valence-corrected chi connectivity index (χ4v) is 2.06. The first-order valence-corrected chi connectivity index (χ1v) is 5.53. The van der Waals surface area contributed by atoms with Crippen molar-refractivity contribution in [2.75, 3.05) is 38.1 Å². The first-order valence-electron chi connectivity index (χ1n) is 5.53. The van der Waals surface area contributed by atoms with Crippen LogP contribution in [0.25, 0.3) is 0 Å². The lowest BCUT2D eigenvalue weighted by molar-refractivity contribution is 0.312. The van der Waals surface area contributed by atoms with Gasteiger partial charge in [-0.2, -0.15) is 0 Å². The Bertz CT molecular complexity index is 341. The molecular weight excluding hydrogens is 186 g/mol. The van der Waals surface area contributed by atoms with E-state index in [-0.39, 0.29) is 0 Å². The average molecular weight is 205 g/mol. The van der Waals surface area contributed by atoms with Crippen molar-refractivity contribution in [1.29, 1.82) is 0 Å². The number of aryl methyl sites for hydroxylation is 2. The molecule has 1 fully saturated rings. The Kier molecular flexibility index (Phi) is 2.91. The highest BCUT2D eigenvalue weighted by Crippen LogP contribution is 2.18. The van der Waals surface area contributed by atoms with Crippen LogP contribution in [0, 0.1) is 13.8 Å². The van der Waals surface area contributed by atoms with Crippen molar-refractivity contribution in [2.45, 2.75) is 13.8 Å². The molecule has 15 heavy (non-hydrogen) atoms. The molecule has 2 heterocycles. The highest BCUT2D eigenvalue weighted by molar-refractivity contribution is 5.47. The highest BCUT2D eigenvalue weighted by atomic mass is 15.3. The molecule has 0 bridgehead atoms. The van der Waals surface area contributed by atoms with Gasteiger partial charge >= 0.3 is 0 Å². The molecule has 1 saturated heterocycles. The van der Waals surface area contributed by atoms with Crippen LogP contribution in [0.5, 0.6) is 0 Å². The van der Waals surface area contributed by atoms with Crippen LogP contribution in [0.15, 0.2) is 12.3 Å². The number of hydrogen-bond acceptors (Lipinski definition) is 3. The number of hydrogen-bond donors (Lipinski definition) is 0. The maximum atomic E-state index is 4.53. The monoisotopic (exact) mass is 205 g/mol. The number of anilines is 1. The standard InChI is InChI=1S/C12H19N3/c1-10-8-11(2)12(13-9-10)15-6-4-14(3)5-7-15/h8-9H,4-7H2,1-3H3. The number of rotatable bonds is 1. The fourth-order valence-electron chi connectivity index (χ4n) is 2.06. The third-order valence-electron chi connectivity index (χ3n) is 2.99. The lowest BCUT2D eigenvalue weighted by Gasteiger charge is -2.34. The summed E-state index contributed by atoms with van der Waals surface area (Å²) in [5.41, 5.74) is 2.53. The van der Waals surface area contributed by atoms with Crippen LogP contribution in [0.2, 0.25) is 0 Å². The Morgan fingerprint density at radius 1 is 1.13 bits per heavy atom. The molecule has 0 unspecified atom stereocenters. The Labute approximate surface area is 91.7 Å². The fraction of sp³-hybridized carbons (Fsp3) is 0.583. The van der Waals surface area contributed by atoms with Crippen molar-refractivity contribution < 1.29 is 0 Å². The second-order valence-corrected chi connectivity index (χ2v) is 4.44. The molecular formula is C12H19N3. The summed E-state index contributed by atoms with van der Waals surface area (Å²) in [5, 5.41) is 0. The van der Waals surface area contributed by atoms with Crippen molar-refractivity contribution in [3.05, 3.63) is 23.4 Å². The van der Waals surface area contributed by atoms with Crippen LogP contribution in [-0.4, -0.2) is 43.1 Å². The van der Waals surface area contributed by atoms with E-state index in [2.05, 4.69) is 41.7 Å². The van der Waals surface area contributed by atoms with Gasteiger partial charge < -0.3 is 9.80 Å². The largest absolute Gasteiger partial charge is 0.354 e. The molecule has 1 aliphatic heterocycles. The zero-order valence-corrected chi connectivity index (χ0v) is 9.82. The molecule has 0 aliphatic carbocycles. The van der Waals surface area contributed by atoms with Crippen molar-refractivity contribution in [1.82, 2.24) is 9.88 Å². The molecule has 0 aromatic carbocycles. The molecule has 0 amide bonds. The van der Waals surface area contributed by atoms with Crippen LogP contribution in [-0.2, 0) is 0 Å². The number of nitrogens with zero attached hydrogens (tertiary/aromatic N) is 3. The van der Waals surface area contributed by atoms with Gasteiger partial charge in [0.2, 0.25) is 0 Å². The molecule has 1 aliphatic rings. The van der Waals surface area contributed by atoms with E-state index in [0.29, 0.717) is 0 Å². The van der Waals surface area contributed by atoms with Gasteiger partial charge in [-0.15, -0.1) is 0 Å². The summed E-state index contributed by atoms with van der Waals surface area (Å²) in [6.07, 6.45) is 1.96. The number of aromatic nitrogens is 1. The van der Waals surface area contributed by atoms with Crippen molar-refractivity contribution >= 4 is 5.82 Å². The first-order chi connectivity index (χ1) is 7.16. The van der Waals surface area contributed by atoms with Crippen molar-refractivity contribution in [3.8, 4) is 0 Å². The molecule has 0 spiro atoms. The van der Waals surface area contributed by atoms with Crippen LogP contribution in [0.3, 0.4) is 0 Å². The molecule has 0 radical (unpaired) electrons. The Hall–Kier alpha value is -1.09. The molecule has 2 rings (SSSR count). The summed E-state index contributed by atoms with van der Waals surface area (Å²) in [5.74, 6) is 1.16. The molecule has 0 saturated carbocycles. The van der Waals surface area contributed by atoms with E-state index in [9.17, 15) is 0 Å². The van der Waals surface area contributed by atoms with Gasteiger partial charge in [-0.1, -0.05) is 6.07 Å². The van der Waals surface area contributed by atoms with E-state index in [1.165, 1.54) is 11.1 Å². The second-order valence-electron chi connectivity index (χ2n) is 4.44. The van der Waals surface area contributed by atoms with Gasteiger partial charge in [-0.25, -0.2) is 4.98 Å². The topological polar surface area (TPSA) is 19.4 Å². The van der Waals surface area contributed by atoms with E-state index < -0.39 is 0 Å². The van der Waals surface area contributed by atoms with E-state index in [4.69, 9.17) is 0 Å². The lowest BCUT2D eigenvalue weighted by Crippen LogP contribution is -2.45. The maximum absolute atomic E-state index is 4.53. The van der Waals surface area contributed by atoms with Crippen molar-refractivity contribution in [3.63, 3.8) is 0 Å². The number of pyridine rings is 1. The van der Waals surface area contributed by atoms with Gasteiger partial charge in [0, 0.05) is 32.4 Å². The molecule has 3 nitrogen and oxygen atoms in total. The van der Waals surface area contributed by atoms with Crippen LogP contribution < -0.4 is 4.90 Å². The molecule has 0 atom stereocenters. The molecule has 0 N–H and O–H groups in total. The summed E-state index contributed by atoms with van der Waals surface area (Å²) in [6, 6.07) is 2.21. The minimum absolute atomic E-state index is 1.09. The summed E-state index contributed by atoms with van der Waals surface area (Å²) in [7, 11) is 2.17. The van der Waals surface area contributed by atoms with E-state index in [0.717, 1.165) is 32.0 Å². The normalized spacial score (nSPS) is 18.2. The summed E-state index contributed by atoms with van der Waals surface area (Å²) < 4.78 is 0. The third-order valence-corrected chi connectivity index (χ3v) is 2.99. The number of piperazine rings is 1. The molecule has 1 aromatic heterocycles. The second kappa shape index (κ2) is 4.19. The zero-order chi connectivity index (χ0) is 10.8. The Morgan fingerprint density at radius 2 is 1.80 bits per heavy atom. The van der Waals surface area contributed by atoms with Crippen molar-refractivity contribution in [2.24, 2.45) is 0 Å². The third kappa shape index (κ3) is 2.29. The predicted octanol–water partition coefficient (Wildman–Crippen LogP) is 1.45. The minimum Gasteiger partial charge on any atom is -0.354 e. The van der Waals surface area contributed by atoms with Crippen LogP contribution in [0.1, 0.15) is 11.1 Å². The molecule has 82 valence electrons. The SMILES string of the molecule is Cc1cnc(N2CCN(C)CC2)c(C)c1. The summed E-state index contributed by atoms with van der Waals surface area (Å²) in [4.78, 5) is 9.28. The first kappa shape index (κ1) is 10.4. The van der Waals surface area contributed by atoms with Crippen LogP contribution >= 0.6 is 0 Å². The van der Waals surface area contributed by atoms with Gasteiger partial charge in [-0.3, -0.25) is 0 Å². The van der Waals surface area contributed by atoms with Crippen LogP contribution in [0.4, 0.5) is 5.82 Å². The Morgan fingerprint density at radius 3 is 2.40 bits per heavy atom. The van der Waals surface area contributed by atoms with E-state index in [1.54, 1.807) is 0 Å². The predicted molar refractivity (Wildman–Crippen MR) is 63.4 cm³/mol. The van der Waals surface area contributed by atoms with Gasteiger partial charge in [0.1, 0.15) is 5.82 Å². The molecule has 1 aromatic rings. The smallest absolute Gasteiger partial charge is 0.131 e. The maximum Gasteiger partial charge on any atom is 0.131 e. The summed E-state index contributed by atoms with van der Waals surface area (Å²) in [6.45, 7) is 8.69. The number of likely N-dealkylation sites (N-methyl/N-ethyl adjacent to an activating group) is 1. The zero-order valence-electron chi connectivity index (χ0n) is 9.82. The van der Waals surface area contributed by atoms with Gasteiger partial charge in [-0.05, 0) is 32.0 Å².